The molecule has 1 aromatic heterocycles. The molecule has 3 aromatic rings. The van der Waals surface area contributed by atoms with Gasteiger partial charge in [0, 0.05) is 42.2 Å². The Kier molecular flexibility index (Phi) is 5.30. The summed E-state index contributed by atoms with van der Waals surface area (Å²) in [7, 11) is 1.82. The summed E-state index contributed by atoms with van der Waals surface area (Å²) in [6.07, 6.45) is 1.11. The molecule has 4 rings (SSSR count). The lowest BCUT2D eigenvalue weighted by atomic mass is 9.96. The van der Waals surface area contributed by atoms with Gasteiger partial charge in [-0.05, 0) is 43.2 Å². The second-order valence-electron chi connectivity index (χ2n) is 7.51. The number of nitrogens with two attached hydrogens (primary N) is 1. The SMILES string of the molecule is Cn1c(-c2cccc(Cl)c2)nc(=O)c2cc(C(=O)N3CCC(C(N)=O)CC3)ccc21. The van der Waals surface area contributed by atoms with Crippen LogP contribution in [-0.2, 0) is 11.8 Å². The van der Waals surface area contributed by atoms with Crippen LogP contribution in [0.5, 0.6) is 0 Å². The molecule has 1 saturated heterocycles. The number of rotatable bonds is 3. The summed E-state index contributed by atoms with van der Waals surface area (Å²) in [4.78, 5) is 42.9. The highest BCUT2D eigenvalue weighted by atomic mass is 35.5. The number of benzene rings is 2. The summed E-state index contributed by atoms with van der Waals surface area (Å²) in [6.45, 7) is 0.933. The fourth-order valence-corrected chi connectivity index (χ4v) is 4.10. The van der Waals surface area contributed by atoms with Crippen molar-refractivity contribution in [1.82, 2.24) is 14.5 Å². The Balaban J connectivity index is 1.68. The number of piperidine rings is 1. The number of aryl methyl sites for hydroxylation is 1. The fourth-order valence-electron chi connectivity index (χ4n) is 3.91. The number of halogens is 1. The van der Waals surface area contributed by atoms with Gasteiger partial charge in [-0.2, -0.15) is 4.98 Å². The van der Waals surface area contributed by atoms with Gasteiger partial charge in [0.05, 0.1) is 10.9 Å². The van der Waals surface area contributed by atoms with Gasteiger partial charge in [0.25, 0.3) is 11.5 Å². The van der Waals surface area contributed by atoms with E-state index < -0.39 is 5.56 Å². The minimum absolute atomic E-state index is 0.166. The van der Waals surface area contributed by atoms with Gasteiger partial charge in [-0.15, -0.1) is 0 Å². The number of carbonyl (C=O) groups excluding carboxylic acids is 2. The first-order chi connectivity index (χ1) is 14.3. The van der Waals surface area contributed by atoms with Crippen molar-refractivity contribution in [3.63, 3.8) is 0 Å². The quantitative estimate of drug-likeness (QED) is 0.698. The van der Waals surface area contributed by atoms with Crippen LogP contribution >= 0.6 is 11.6 Å². The Morgan fingerprint density at radius 1 is 1.13 bits per heavy atom. The van der Waals surface area contributed by atoms with Crippen molar-refractivity contribution in [2.24, 2.45) is 18.7 Å². The summed E-state index contributed by atoms with van der Waals surface area (Å²) in [5, 5.41) is 0.934. The predicted octanol–water partition coefficient (Wildman–Crippen LogP) is 2.59. The standard InChI is InChI=1S/C22H21ClN4O3/c1-26-18-6-5-15(22(30)27-9-7-13(8-10-27)19(24)28)12-17(18)21(29)25-20(26)14-3-2-4-16(23)11-14/h2-6,11-13H,7-10H2,1H3,(H2,24,28). The maximum absolute atomic E-state index is 12.9. The van der Waals surface area contributed by atoms with Crippen molar-refractivity contribution < 1.29 is 9.59 Å². The summed E-state index contributed by atoms with van der Waals surface area (Å²) in [5.41, 5.74) is 6.80. The molecule has 2 heterocycles. The zero-order chi connectivity index (χ0) is 21.4. The van der Waals surface area contributed by atoms with Crippen molar-refractivity contribution in [2.45, 2.75) is 12.8 Å². The maximum atomic E-state index is 12.9. The van der Waals surface area contributed by atoms with E-state index in [1.807, 2.05) is 17.7 Å². The lowest BCUT2D eigenvalue weighted by molar-refractivity contribution is -0.123. The Morgan fingerprint density at radius 3 is 2.53 bits per heavy atom. The third kappa shape index (κ3) is 3.68. The number of hydrogen-bond donors (Lipinski definition) is 1. The zero-order valence-corrected chi connectivity index (χ0v) is 17.2. The molecule has 7 nitrogen and oxygen atoms in total. The van der Waals surface area contributed by atoms with E-state index >= 15 is 0 Å². The molecule has 0 radical (unpaired) electrons. The molecule has 154 valence electrons. The topological polar surface area (TPSA) is 98.3 Å². The smallest absolute Gasteiger partial charge is 0.281 e. The highest BCUT2D eigenvalue weighted by Gasteiger charge is 2.26. The minimum atomic E-state index is -0.403. The molecule has 0 saturated carbocycles. The number of amides is 2. The second-order valence-corrected chi connectivity index (χ2v) is 7.95. The highest BCUT2D eigenvalue weighted by Crippen LogP contribution is 2.24. The summed E-state index contributed by atoms with van der Waals surface area (Å²) in [6, 6.07) is 12.2. The van der Waals surface area contributed by atoms with Crippen LogP contribution in [0.3, 0.4) is 0 Å². The number of hydrogen-bond acceptors (Lipinski definition) is 4. The molecule has 30 heavy (non-hydrogen) atoms. The van der Waals surface area contributed by atoms with Crippen LogP contribution in [0.1, 0.15) is 23.2 Å². The fraction of sp³-hybridized carbons (Fsp3) is 0.273. The number of primary amides is 1. The molecule has 1 fully saturated rings. The number of carbonyl (C=O) groups is 2. The minimum Gasteiger partial charge on any atom is -0.369 e. The van der Waals surface area contributed by atoms with Crippen LogP contribution in [0, 0.1) is 5.92 Å². The van der Waals surface area contributed by atoms with Crippen molar-refractivity contribution >= 4 is 34.3 Å². The molecular weight excluding hydrogens is 404 g/mol. The largest absolute Gasteiger partial charge is 0.369 e. The van der Waals surface area contributed by atoms with E-state index in [0.29, 0.717) is 53.2 Å². The Labute approximate surface area is 178 Å². The predicted molar refractivity (Wildman–Crippen MR) is 115 cm³/mol. The average Bonchev–Trinajstić information content (AvgIpc) is 2.75. The zero-order valence-electron chi connectivity index (χ0n) is 16.5. The van der Waals surface area contributed by atoms with E-state index in [1.54, 1.807) is 41.3 Å². The van der Waals surface area contributed by atoms with Crippen molar-refractivity contribution in [3.05, 3.63) is 63.4 Å². The maximum Gasteiger partial charge on any atom is 0.281 e. The first-order valence-electron chi connectivity index (χ1n) is 9.70. The van der Waals surface area contributed by atoms with Crippen molar-refractivity contribution in [3.8, 4) is 11.4 Å². The first-order valence-corrected chi connectivity index (χ1v) is 10.1. The van der Waals surface area contributed by atoms with E-state index in [4.69, 9.17) is 17.3 Å². The van der Waals surface area contributed by atoms with Crippen molar-refractivity contribution in [1.29, 1.82) is 0 Å². The highest BCUT2D eigenvalue weighted by molar-refractivity contribution is 6.30. The van der Waals surface area contributed by atoms with Gasteiger partial charge in [-0.3, -0.25) is 14.4 Å². The average molecular weight is 425 g/mol. The van der Waals surface area contributed by atoms with Crippen LogP contribution in [0.4, 0.5) is 0 Å². The van der Waals surface area contributed by atoms with Gasteiger partial charge < -0.3 is 15.2 Å². The lowest BCUT2D eigenvalue weighted by Gasteiger charge is -2.30. The number of aromatic nitrogens is 2. The molecule has 0 spiro atoms. The third-order valence-corrected chi connectivity index (χ3v) is 5.86. The van der Waals surface area contributed by atoms with Crippen LogP contribution < -0.4 is 11.3 Å². The monoisotopic (exact) mass is 424 g/mol. The normalized spacial score (nSPS) is 14.8. The Hall–Kier alpha value is -3.19. The van der Waals surface area contributed by atoms with Crippen molar-refractivity contribution in [2.75, 3.05) is 13.1 Å². The molecule has 2 aromatic carbocycles. The molecule has 1 aliphatic heterocycles. The van der Waals surface area contributed by atoms with Gasteiger partial charge in [0.15, 0.2) is 0 Å². The van der Waals surface area contributed by atoms with E-state index in [1.165, 1.54) is 0 Å². The molecule has 0 bridgehead atoms. The molecular formula is C22H21ClN4O3. The third-order valence-electron chi connectivity index (χ3n) is 5.63. The van der Waals surface area contributed by atoms with E-state index in [-0.39, 0.29) is 17.7 Å². The molecule has 0 aliphatic carbocycles. The van der Waals surface area contributed by atoms with Crippen LogP contribution in [0.25, 0.3) is 22.3 Å². The molecule has 1 aliphatic rings. The van der Waals surface area contributed by atoms with Gasteiger partial charge >= 0.3 is 0 Å². The molecule has 8 heteroatoms. The summed E-state index contributed by atoms with van der Waals surface area (Å²) in [5.74, 6) is -0.173. The molecule has 2 N–H and O–H groups in total. The van der Waals surface area contributed by atoms with Gasteiger partial charge in [0.1, 0.15) is 5.82 Å². The summed E-state index contributed by atoms with van der Waals surface area (Å²) < 4.78 is 1.81. The van der Waals surface area contributed by atoms with Gasteiger partial charge in [0.2, 0.25) is 5.91 Å². The first kappa shape index (κ1) is 20.1. The van der Waals surface area contributed by atoms with E-state index in [0.717, 1.165) is 5.56 Å². The number of likely N-dealkylation sites (tertiary alicyclic amines) is 1. The van der Waals surface area contributed by atoms with Gasteiger partial charge in [-0.25, -0.2) is 0 Å². The number of nitrogens with zero attached hydrogens (tertiary/aromatic N) is 3. The van der Waals surface area contributed by atoms with Crippen LogP contribution in [0.2, 0.25) is 5.02 Å². The summed E-state index contributed by atoms with van der Waals surface area (Å²) >= 11 is 6.08. The molecule has 0 atom stereocenters. The second kappa shape index (κ2) is 7.91. The molecule has 2 amide bonds. The van der Waals surface area contributed by atoms with Crippen LogP contribution in [-0.4, -0.2) is 39.4 Å². The van der Waals surface area contributed by atoms with E-state index in [2.05, 4.69) is 4.98 Å². The van der Waals surface area contributed by atoms with E-state index in [9.17, 15) is 14.4 Å². The molecule has 0 unspecified atom stereocenters. The Morgan fingerprint density at radius 2 is 1.87 bits per heavy atom. The van der Waals surface area contributed by atoms with Gasteiger partial charge in [-0.1, -0.05) is 23.7 Å². The lowest BCUT2D eigenvalue weighted by Crippen LogP contribution is -2.41. The van der Waals surface area contributed by atoms with Crippen LogP contribution in [0.15, 0.2) is 47.3 Å². The Bertz CT molecular complexity index is 1210. The number of fused-ring (bicyclic) bond motifs is 1.